The van der Waals surface area contributed by atoms with Crippen LogP contribution in [0.15, 0.2) is 255 Å². The third-order valence-corrected chi connectivity index (χ3v) is 16.2. The van der Waals surface area contributed by atoms with Crippen molar-refractivity contribution in [2.75, 3.05) is 9.80 Å². The minimum atomic E-state index is -0.525. The Morgan fingerprint density at radius 2 is 0.850 bits per heavy atom. The van der Waals surface area contributed by atoms with Gasteiger partial charge < -0.3 is 28.4 Å². The smallest absolute Gasteiger partial charge is 0.161 e. The summed E-state index contributed by atoms with van der Waals surface area (Å²) in [5.41, 5.74) is 19.5. The molecule has 10 aromatic carbocycles. The molecule has 0 fully saturated rings. The zero-order valence-corrected chi connectivity index (χ0v) is 42.8. The van der Waals surface area contributed by atoms with E-state index < -0.39 is 6.17 Å². The van der Waals surface area contributed by atoms with Gasteiger partial charge in [0, 0.05) is 57.1 Å². The first-order valence-corrected chi connectivity index (χ1v) is 26.9. The molecule has 1 unspecified atom stereocenters. The molecule has 10 nitrogen and oxygen atoms in total. The highest BCUT2D eigenvalue weighted by Gasteiger charge is 2.39. The van der Waals surface area contributed by atoms with Crippen LogP contribution >= 0.6 is 0 Å². The van der Waals surface area contributed by atoms with Crippen LogP contribution in [0.25, 0.3) is 77.6 Å². The fraction of sp³-hybridized carbons (Fsp3) is 0.0286. The molecular weight excluding hydrogens is 985 g/mol. The van der Waals surface area contributed by atoms with Crippen LogP contribution in [0.2, 0.25) is 0 Å². The van der Waals surface area contributed by atoms with Crippen LogP contribution in [-0.2, 0) is 0 Å². The SMILES string of the molecule is c1ccc(-c2cnc3c(n2)c2cccc4c2n3C(C(c2ccc(N3c5ccccc5Oc5ccccc53)cc2)c2ccc(N3c5ccccc5Oc5ccccc53)cc2)n2c3nccnc3c3c(-c5ccccc5)ccc-4c32)cc1. The molecule has 0 amide bonds. The molecule has 17 rings (SSSR count). The molecule has 4 aromatic heterocycles. The number of anilines is 6. The van der Waals surface area contributed by atoms with E-state index in [1.54, 1.807) is 0 Å². The number of hydrogen-bond donors (Lipinski definition) is 0. The maximum atomic E-state index is 6.49. The Labute approximate surface area is 459 Å². The fourth-order valence-electron chi connectivity index (χ4n) is 12.8. The second kappa shape index (κ2) is 17.3. The highest BCUT2D eigenvalue weighted by Crippen LogP contribution is 2.55. The maximum Gasteiger partial charge on any atom is 0.161 e. The summed E-state index contributed by atoms with van der Waals surface area (Å²) in [6.07, 6.45) is 5.05. The van der Waals surface area contributed by atoms with Crippen molar-refractivity contribution in [1.29, 1.82) is 0 Å². The summed E-state index contributed by atoms with van der Waals surface area (Å²) in [7, 11) is 0. The van der Waals surface area contributed by atoms with Gasteiger partial charge >= 0.3 is 0 Å². The van der Waals surface area contributed by atoms with Gasteiger partial charge in [-0.1, -0.05) is 164 Å². The summed E-state index contributed by atoms with van der Waals surface area (Å²) < 4.78 is 17.9. The molecule has 10 heteroatoms. The Morgan fingerprint density at radius 1 is 0.375 bits per heavy atom. The van der Waals surface area contributed by atoms with Crippen molar-refractivity contribution in [3.05, 3.63) is 266 Å². The molecule has 0 radical (unpaired) electrons. The number of fused-ring (bicyclic) bond motifs is 11. The molecule has 14 aromatic rings. The molecule has 0 spiro atoms. The van der Waals surface area contributed by atoms with Crippen molar-refractivity contribution in [3.8, 4) is 56.5 Å². The van der Waals surface area contributed by atoms with Crippen molar-refractivity contribution in [1.82, 2.24) is 29.1 Å². The van der Waals surface area contributed by atoms with Crippen LogP contribution in [0.3, 0.4) is 0 Å². The minimum Gasteiger partial charge on any atom is -0.453 e. The Bertz CT molecular complexity index is 4570. The van der Waals surface area contributed by atoms with Gasteiger partial charge in [0.2, 0.25) is 0 Å². The Kier molecular flexibility index (Phi) is 9.60. The molecule has 0 aliphatic carbocycles. The van der Waals surface area contributed by atoms with E-state index in [0.717, 1.165) is 146 Å². The topological polar surface area (TPSA) is 86.4 Å². The van der Waals surface area contributed by atoms with Crippen molar-refractivity contribution < 1.29 is 9.47 Å². The molecule has 0 saturated heterocycles. The monoisotopic (exact) mass is 1030 g/mol. The van der Waals surface area contributed by atoms with E-state index in [0.29, 0.717) is 0 Å². The molecule has 3 aliphatic rings. The van der Waals surface area contributed by atoms with Gasteiger partial charge in [0.05, 0.1) is 45.7 Å². The van der Waals surface area contributed by atoms with Crippen molar-refractivity contribution in [2.45, 2.75) is 12.1 Å². The van der Waals surface area contributed by atoms with Crippen molar-refractivity contribution in [2.24, 2.45) is 0 Å². The first-order chi connectivity index (χ1) is 39.7. The van der Waals surface area contributed by atoms with Gasteiger partial charge in [-0.15, -0.1) is 0 Å². The first-order valence-electron chi connectivity index (χ1n) is 26.9. The van der Waals surface area contributed by atoms with E-state index in [1.165, 1.54) is 0 Å². The molecule has 3 aliphatic heterocycles. The fourth-order valence-corrected chi connectivity index (χ4v) is 12.8. The van der Waals surface area contributed by atoms with E-state index in [9.17, 15) is 0 Å². The number of rotatable bonds is 7. The Hall–Kier alpha value is -10.8. The summed E-state index contributed by atoms with van der Waals surface area (Å²) in [6, 6.07) is 83.3. The second-order valence-corrected chi connectivity index (χ2v) is 20.5. The third kappa shape index (κ3) is 6.53. The van der Waals surface area contributed by atoms with Crippen LogP contribution in [0, 0.1) is 0 Å². The number of benzene rings is 10. The van der Waals surface area contributed by atoms with Crippen LogP contribution in [-0.4, -0.2) is 29.1 Å². The summed E-state index contributed by atoms with van der Waals surface area (Å²) in [5.74, 6) is 2.83. The number of aromatic nitrogens is 6. The maximum absolute atomic E-state index is 6.49. The molecule has 7 heterocycles. The minimum absolute atomic E-state index is 0.374. The highest BCUT2D eigenvalue weighted by molar-refractivity contribution is 6.20. The molecular formula is C70H44N8O2. The normalized spacial score (nSPS) is 13.9. The summed E-state index contributed by atoms with van der Waals surface area (Å²) in [6.45, 7) is 0. The van der Waals surface area contributed by atoms with Gasteiger partial charge in [-0.05, 0) is 95.1 Å². The predicted octanol–water partition coefficient (Wildman–Crippen LogP) is 17.8. The number of nitrogens with zero attached hydrogens (tertiary/aromatic N) is 8. The molecule has 80 heavy (non-hydrogen) atoms. The second-order valence-electron chi connectivity index (χ2n) is 20.5. The molecule has 0 saturated carbocycles. The van der Waals surface area contributed by atoms with Gasteiger partial charge in [-0.3, -0.25) is 4.98 Å². The molecule has 376 valence electrons. The molecule has 1 atom stereocenters. The van der Waals surface area contributed by atoms with Gasteiger partial charge in [0.25, 0.3) is 0 Å². The summed E-state index contributed by atoms with van der Waals surface area (Å²) in [5, 5.41) is 2.07. The Balaban J connectivity index is 0.960. The van der Waals surface area contributed by atoms with Crippen LogP contribution in [0.4, 0.5) is 34.1 Å². The summed E-state index contributed by atoms with van der Waals surface area (Å²) in [4.78, 5) is 26.2. The van der Waals surface area contributed by atoms with E-state index in [2.05, 4.69) is 201 Å². The zero-order valence-electron chi connectivity index (χ0n) is 42.8. The number of ether oxygens (including phenoxy) is 2. The van der Waals surface area contributed by atoms with E-state index in [4.69, 9.17) is 29.4 Å². The lowest BCUT2D eigenvalue weighted by atomic mass is 9.87. The van der Waals surface area contributed by atoms with Gasteiger partial charge in [-0.25, -0.2) is 15.0 Å². The zero-order chi connectivity index (χ0) is 52.4. The average Bonchev–Trinajstić information content (AvgIpc) is 4.23. The average molecular weight is 1030 g/mol. The first kappa shape index (κ1) is 44.3. The van der Waals surface area contributed by atoms with E-state index in [-0.39, 0.29) is 5.92 Å². The Morgan fingerprint density at radius 3 is 1.43 bits per heavy atom. The molecule has 0 bridgehead atoms. The standard InChI is InChI=1S/C70H44N8O2/c1-3-16-43(17-4-1)49-38-39-51-50-20-15-21-52-64-68(73-42-53(74-64)44-18-5-2-6-19-44)77(66(50)52)70(78-67(51)63(49)65-69(78)72-41-40-71-65)62(45-30-34-47(35-31-45)75-54-22-7-11-26-58(54)79-59-27-12-8-23-55(59)75)46-32-36-48(37-33-46)76-56-24-9-13-28-60(56)80-61-29-14-10-25-57(61)76/h1-42,62,70H. The number of hydrogen-bond acceptors (Lipinski definition) is 8. The lowest BCUT2D eigenvalue weighted by Gasteiger charge is -2.35. The third-order valence-electron chi connectivity index (χ3n) is 16.2. The van der Waals surface area contributed by atoms with E-state index in [1.807, 2.05) is 73.2 Å². The number of para-hydroxylation sites is 9. The van der Waals surface area contributed by atoms with Crippen LogP contribution in [0.1, 0.15) is 23.2 Å². The largest absolute Gasteiger partial charge is 0.453 e. The van der Waals surface area contributed by atoms with Gasteiger partial charge in [0.1, 0.15) is 17.2 Å². The highest BCUT2D eigenvalue weighted by atomic mass is 16.5. The lowest BCUT2D eigenvalue weighted by molar-refractivity contribution is 0.425. The van der Waals surface area contributed by atoms with Gasteiger partial charge in [0.15, 0.2) is 34.3 Å². The van der Waals surface area contributed by atoms with Crippen molar-refractivity contribution >= 4 is 78.3 Å². The van der Waals surface area contributed by atoms with Crippen LogP contribution < -0.4 is 19.3 Å². The quantitative estimate of drug-likeness (QED) is 0.156. The predicted molar refractivity (Wildman–Crippen MR) is 319 cm³/mol. The van der Waals surface area contributed by atoms with E-state index >= 15 is 0 Å². The summed E-state index contributed by atoms with van der Waals surface area (Å²) >= 11 is 0. The van der Waals surface area contributed by atoms with Crippen LogP contribution in [0.5, 0.6) is 23.0 Å². The van der Waals surface area contributed by atoms with Crippen molar-refractivity contribution in [3.63, 3.8) is 0 Å². The van der Waals surface area contributed by atoms with Gasteiger partial charge in [-0.2, -0.15) is 0 Å². The molecule has 0 N–H and O–H groups in total. The lowest BCUT2D eigenvalue weighted by Crippen LogP contribution is -2.26.